The molecule has 0 aromatic heterocycles. The Morgan fingerprint density at radius 3 is 2.56 bits per heavy atom. The molecular weight excluding hydrogens is 250 g/mol. The van der Waals surface area contributed by atoms with Crippen LogP contribution in [0.4, 0.5) is 17.6 Å². The monoisotopic (exact) mass is 263 g/mol. The van der Waals surface area contributed by atoms with Crippen molar-refractivity contribution in [3.05, 3.63) is 36.2 Å². The van der Waals surface area contributed by atoms with Crippen LogP contribution in [0.5, 0.6) is 5.75 Å². The second-order valence-corrected chi connectivity index (χ2v) is 3.91. The van der Waals surface area contributed by atoms with E-state index in [1.807, 2.05) is 0 Å². The van der Waals surface area contributed by atoms with Gasteiger partial charge in [0.05, 0.1) is 5.57 Å². The summed E-state index contributed by atoms with van der Waals surface area (Å²) in [7, 11) is 0. The van der Waals surface area contributed by atoms with Crippen LogP contribution in [0.1, 0.15) is 12.5 Å². The number of hydrogen-bond donors (Lipinski definition) is 1. The molecular formula is C12H13F4NO. The van der Waals surface area contributed by atoms with Gasteiger partial charge in [0, 0.05) is 11.6 Å². The van der Waals surface area contributed by atoms with Crippen LogP contribution in [0.15, 0.2) is 24.8 Å². The van der Waals surface area contributed by atoms with E-state index >= 15 is 0 Å². The van der Waals surface area contributed by atoms with Gasteiger partial charge in [-0.05, 0) is 25.1 Å². The van der Waals surface area contributed by atoms with Crippen LogP contribution in [0.25, 0.3) is 5.57 Å². The number of allylic oxidation sites excluding steroid dienone is 1. The predicted molar refractivity (Wildman–Crippen MR) is 60.6 cm³/mol. The minimum absolute atomic E-state index is 0.0315. The number of benzene rings is 1. The molecule has 1 aromatic carbocycles. The maximum absolute atomic E-state index is 13.0. The molecule has 0 fully saturated rings. The summed E-state index contributed by atoms with van der Waals surface area (Å²) < 4.78 is 55.8. The third-order valence-corrected chi connectivity index (χ3v) is 2.11. The van der Waals surface area contributed by atoms with E-state index in [-0.39, 0.29) is 18.4 Å². The van der Waals surface area contributed by atoms with E-state index in [0.717, 1.165) is 18.2 Å². The fourth-order valence-corrected chi connectivity index (χ4v) is 1.24. The van der Waals surface area contributed by atoms with Crippen LogP contribution in [0.2, 0.25) is 0 Å². The van der Waals surface area contributed by atoms with Crippen molar-refractivity contribution < 1.29 is 22.3 Å². The average molecular weight is 263 g/mol. The molecule has 18 heavy (non-hydrogen) atoms. The highest BCUT2D eigenvalue weighted by atomic mass is 19.4. The van der Waals surface area contributed by atoms with Crippen LogP contribution >= 0.6 is 0 Å². The lowest BCUT2D eigenvalue weighted by molar-refractivity contribution is -0.0688. The molecule has 2 N–H and O–H groups in total. The van der Waals surface area contributed by atoms with Crippen molar-refractivity contribution in [1.82, 2.24) is 0 Å². The van der Waals surface area contributed by atoms with Crippen LogP contribution in [-0.4, -0.2) is 18.8 Å². The Morgan fingerprint density at radius 2 is 2.06 bits per heavy atom. The topological polar surface area (TPSA) is 35.2 Å². The summed E-state index contributed by atoms with van der Waals surface area (Å²) in [6.45, 7) is 4.59. The zero-order valence-corrected chi connectivity index (χ0v) is 9.72. The minimum atomic E-state index is -4.64. The van der Waals surface area contributed by atoms with Crippen LogP contribution in [-0.2, 0) is 0 Å². The first kappa shape index (κ1) is 14.5. The highest BCUT2D eigenvalue weighted by Crippen LogP contribution is 2.37. The summed E-state index contributed by atoms with van der Waals surface area (Å²) >= 11 is 0. The summed E-state index contributed by atoms with van der Waals surface area (Å²) in [5.41, 5.74) is 3.87. The van der Waals surface area contributed by atoms with Gasteiger partial charge in [-0.3, -0.25) is 0 Å². The Kier molecular flexibility index (Phi) is 4.34. The molecule has 100 valence electrons. The SMILES string of the molecule is C=C(c1cc(F)ccc1OC[C@H](C)N)C(F)(F)F. The van der Waals surface area contributed by atoms with Crippen molar-refractivity contribution in [3.8, 4) is 5.75 Å². The summed E-state index contributed by atoms with van der Waals surface area (Å²) in [4.78, 5) is 0. The first-order valence-electron chi connectivity index (χ1n) is 5.16. The van der Waals surface area contributed by atoms with Crippen molar-refractivity contribution in [2.75, 3.05) is 6.61 Å². The maximum Gasteiger partial charge on any atom is 0.416 e. The van der Waals surface area contributed by atoms with Crippen LogP contribution in [0, 0.1) is 5.82 Å². The Hall–Kier alpha value is -1.56. The van der Waals surface area contributed by atoms with Crippen LogP contribution in [0.3, 0.4) is 0 Å². The van der Waals surface area contributed by atoms with E-state index in [1.165, 1.54) is 0 Å². The third kappa shape index (κ3) is 3.73. The molecule has 1 rings (SSSR count). The molecule has 0 unspecified atom stereocenters. The van der Waals surface area contributed by atoms with E-state index < -0.39 is 23.1 Å². The third-order valence-electron chi connectivity index (χ3n) is 2.11. The summed E-state index contributed by atoms with van der Waals surface area (Å²) in [5.74, 6) is -0.875. The first-order chi connectivity index (χ1) is 8.21. The maximum atomic E-state index is 13.0. The standard InChI is InChI=1S/C12H13F4NO/c1-7(17)6-18-11-4-3-9(13)5-10(11)8(2)12(14,15)16/h3-5,7H,2,6,17H2,1H3/t7-/m0/s1. The van der Waals surface area contributed by atoms with Crippen molar-refractivity contribution in [2.45, 2.75) is 19.1 Å². The van der Waals surface area contributed by atoms with Gasteiger partial charge in [0.2, 0.25) is 0 Å². The van der Waals surface area contributed by atoms with Gasteiger partial charge in [-0.1, -0.05) is 6.58 Å². The second kappa shape index (κ2) is 5.39. The predicted octanol–water partition coefficient (Wildman–Crippen LogP) is 3.13. The molecule has 0 spiro atoms. The Labute approximate surface area is 102 Å². The number of alkyl halides is 3. The molecule has 0 heterocycles. The van der Waals surface area contributed by atoms with E-state index in [4.69, 9.17) is 10.5 Å². The molecule has 1 aromatic rings. The lowest BCUT2D eigenvalue weighted by atomic mass is 10.1. The van der Waals surface area contributed by atoms with Gasteiger partial charge in [-0.25, -0.2) is 4.39 Å². The van der Waals surface area contributed by atoms with Gasteiger partial charge in [0.15, 0.2) is 0 Å². The zero-order valence-electron chi connectivity index (χ0n) is 9.72. The van der Waals surface area contributed by atoms with E-state index in [2.05, 4.69) is 6.58 Å². The van der Waals surface area contributed by atoms with Crippen LogP contribution < -0.4 is 10.5 Å². The van der Waals surface area contributed by atoms with Gasteiger partial charge in [0.1, 0.15) is 18.2 Å². The molecule has 0 saturated heterocycles. The minimum Gasteiger partial charge on any atom is -0.491 e. The number of rotatable bonds is 4. The van der Waals surface area contributed by atoms with Gasteiger partial charge >= 0.3 is 6.18 Å². The first-order valence-corrected chi connectivity index (χ1v) is 5.16. The normalized spacial score (nSPS) is 13.2. The number of ether oxygens (including phenoxy) is 1. The molecule has 0 bridgehead atoms. The molecule has 6 heteroatoms. The molecule has 0 aliphatic rings. The summed E-state index contributed by atoms with van der Waals surface area (Å²) in [6.07, 6.45) is -4.64. The van der Waals surface area contributed by atoms with Gasteiger partial charge in [-0.2, -0.15) is 13.2 Å². The molecule has 0 amide bonds. The smallest absolute Gasteiger partial charge is 0.416 e. The highest BCUT2D eigenvalue weighted by molar-refractivity contribution is 5.72. The van der Waals surface area contributed by atoms with Crippen molar-refractivity contribution in [3.63, 3.8) is 0 Å². The Balaban J connectivity index is 3.08. The summed E-state index contributed by atoms with van der Waals surface area (Å²) in [6, 6.07) is 2.54. The van der Waals surface area contributed by atoms with Crippen molar-refractivity contribution >= 4 is 5.57 Å². The van der Waals surface area contributed by atoms with Gasteiger partial charge < -0.3 is 10.5 Å². The van der Waals surface area contributed by atoms with E-state index in [1.54, 1.807) is 6.92 Å². The lowest BCUT2D eigenvalue weighted by Gasteiger charge is -2.16. The quantitative estimate of drug-likeness (QED) is 0.847. The van der Waals surface area contributed by atoms with E-state index in [9.17, 15) is 17.6 Å². The molecule has 1 atom stereocenters. The fourth-order valence-electron chi connectivity index (χ4n) is 1.24. The van der Waals surface area contributed by atoms with Gasteiger partial charge in [0.25, 0.3) is 0 Å². The molecule has 0 aliphatic carbocycles. The molecule has 2 nitrogen and oxygen atoms in total. The average Bonchev–Trinajstić information content (AvgIpc) is 2.24. The summed E-state index contributed by atoms with van der Waals surface area (Å²) in [5, 5.41) is 0. The van der Waals surface area contributed by atoms with Gasteiger partial charge in [-0.15, -0.1) is 0 Å². The van der Waals surface area contributed by atoms with Crippen molar-refractivity contribution in [2.24, 2.45) is 5.73 Å². The number of nitrogens with two attached hydrogens (primary N) is 1. The van der Waals surface area contributed by atoms with E-state index in [0.29, 0.717) is 0 Å². The molecule has 0 saturated carbocycles. The fraction of sp³-hybridized carbons (Fsp3) is 0.333. The van der Waals surface area contributed by atoms with Crippen molar-refractivity contribution in [1.29, 1.82) is 0 Å². The second-order valence-electron chi connectivity index (χ2n) is 3.91. The lowest BCUT2D eigenvalue weighted by Crippen LogP contribution is -2.24. The Bertz CT molecular complexity index is 440. The zero-order chi connectivity index (χ0) is 13.9. The highest BCUT2D eigenvalue weighted by Gasteiger charge is 2.34. The molecule has 0 aliphatic heterocycles. The Morgan fingerprint density at radius 1 is 1.44 bits per heavy atom. The molecule has 0 radical (unpaired) electrons. The number of hydrogen-bond acceptors (Lipinski definition) is 2. The number of halogens is 4. The largest absolute Gasteiger partial charge is 0.491 e.